The van der Waals surface area contributed by atoms with E-state index in [2.05, 4.69) is 5.32 Å². The minimum Gasteiger partial charge on any atom is -0.338 e. The molecule has 0 aromatic heterocycles. The Morgan fingerprint density at radius 3 is 2.52 bits per heavy atom. The van der Waals surface area contributed by atoms with E-state index >= 15 is 0 Å². The number of fused-ring (bicyclic) bond motifs is 1. The average Bonchev–Trinajstić information content (AvgIpc) is 3.34. The van der Waals surface area contributed by atoms with E-state index in [0.29, 0.717) is 38.2 Å². The van der Waals surface area contributed by atoms with Gasteiger partial charge in [0.2, 0.25) is 15.9 Å². The molecule has 2 amide bonds. The van der Waals surface area contributed by atoms with E-state index in [0.717, 1.165) is 34.7 Å². The molecule has 8 nitrogen and oxygen atoms in total. The molecule has 1 spiro atoms. The van der Waals surface area contributed by atoms with Gasteiger partial charge in [-0.2, -0.15) is 0 Å². The van der Waals surface area contributed by atoms with Crippen molar-refractivity contribution in [1.29, 1.82) is 0 Å². The predicted molar refractivity (Wildman–Crippen MR) is 165 cm³/mol. The van der Waals surface area contributed by atoms with Crippen molar-refractivity contribution in [2.24, 2.45) is 10.9 Å². The summed E-state index contributed by atoms with van der Waals surface area (Å²) >= 11 is 0. The average molecular weight is 585 g/mol. The van der Waals surface area contributed by atoms with Crippen LogP contribution in [-0.2, 0) is 26.0 Å². The maximum atomic E-state index is 13.3. The molecule has 0 saturated carbocycles. The molecule has 1 unspecified atom stereocenters. The molecular formula is C33H36N4O4S. The summed E-state index contributed by atoms with van der Waals surface area (Å²) in [5.41, 5.74) is 1.05. The number of nitrogens with zero attached hydrogens (tertiary/aromatic N) is 3. The first-order valence-corrected chi connectivity index (χ1v) is 16.3. The molecule has 0 bridgehead atoms. The fourth-order valence-corrected chi connectivity index (χ4v) is 7.80. The summed E-state index contributed by atoms with van der Waals surface area (Å²) in [5, 5.41) is 5.18. The second kappa shape index (κ2) is 11.8. The van der Waals surface area contributed by atoms with Crippen LogP contribution in [0.15, 0.2) is 83.9 Å². The van der Waals surface area contributed by atoms with Crippen molar-refractivity contribution in [2.45, 2.75) is 37.6 Å². The zero-order chi connectivity index (χ0) is 29.2. The van der Waals surface area contributed by atoms with Crippen molar-refractivity contribution in [1.82, 2.24) is 14.5 Å². The standard InChI is InChI=1S/C33H36N4O4S/c38-30(16-15-25-8-2-1-3-9-25)36-20-7-13-28(24-36)31-34-32(39)33(35-31)18-21-37(22-19-33)42(40,41)23-17-27-12-6-11-26-10-4-5-14-29(26)27/h1-6,8-12,14-16,28H,7,13,17-24H2,(H,34,35,39). The summed E-state index contributed by atoms with van der Waals surface area (Å²) in [6, 6.07) is 23.7. The number of rotatable bonds is 7. The van der Waals surface area contributed by atoms with Crippen LogP contribution >= 0.6 is 0 Å². The van der Waals surface area contributed by atoms with Gasteiger partial charge in [-0.25, -0.2) is 12.7 Å². The number of hydrogen-bond acceptors (Lipinski definition) is 5. The van der Waals surface area contributed by atoms with Gasteiger partial charge < -0.3 is 10.2 Å². The quantitative estimate of drug-likeness (QED) is 0.424. The summed E-state index contributed by atoms with van der Waals surface area (Å²) in [5.74, 6) is 0.415. The number of amides is 2. The lowest BCUT2D eigenvalue weighted by Gasteiger charge is -2.35. The number of amidine groups is 1. The highest BCUT2D eigenvalue weighted by molar-refractivity contribution is 7.89. The van der Waals surface area contributed by atoms with Crippen molar-refractivity contribution < 1.29 is 18.0 Å². The Labute approximate surface area is 247 Å². The maximum absolute atomic E-state index is 13.3. The lowest BCUT2D eigenvalue weighted by Crippen LogP contribution is -2.51. The number of benzene rings is 3. The Kier molecular flexibility index (Phi) is 7.96. The van der Waals surface area contributed by atoms with E-state index in [4.69, 9.17) is 4.99 Å². The van der Waals surface area contributed by atoms with Crippen LogP contribution in [-0.4, -0.2) is 72.7 Å². The van der Waals surface area contributed by atoms with Gasteiger partial charge in [0.1, 0.15) is 11.4 Å². The highest BCUT2D eigenvalue weighted by Crippen LogP contribution is 2.33. The predicted octanol–water partition coefficient (Wildman–Crippen LogP) is 4.03. The normalized spacial score (nSPS) is 21.1. The summed E-state index contributed by atoms with van der Waals surface area (Å²) in [4.78, 5) is 32.8. The number of hydrogen-bond donors (Lipinski definition) is 1. The number of sulfonamides is 1. The van der Waals surface area contributed by atoms with E-state index in [1.807, 2.05) is 83.8 Å². The van der Waals surface area contributed by atoms with Gasteiger partial charge >= 0.3 is 0 Å². The molecule has 42 heavy (non-hydrogen) atoms. The Morgan fingerprint density at radius 2 is 1.71 bits per heavy atom. The Bertz CT molecular complexity index is 1640. The topological polar surface area (TPSA) is 99.2 Å². The molecule has 3 heterocycles. The van der Waals surface area contributed by atoms with Crippen molar-refractivity contribution in [3.8, 4) is 0 Å². The van der Waals surface area contributed by atoms with Crippen molar-refractivity contribution in [3.63, 3.8) is 0 Å². The number of carbonyl (C=O) groups is 2. The lowest BCUT2D eigenvalue weighted by molar-refractivity contribution is -0.127. The van der Waals surface area contributed by atoms with Crippen molar-refractivity contribution >= 4 is 44.5 Å². The van der Waals surface area contributed by atoms with E-state index in [9.17, 15) is 18.0 Å². The molecule has 2 fully saturated rings. The minimum atomic E-state index is -3.49. The van der Waals surface area contributed by atoms with Crippen LogP contribution in [0.4, 0.5) is 0 Å². The number of aliphatic imine (C=N–C) groups is 1. The van der Waals surface area contributed by atoms with Crippen molar-refractivity contribution in [3.05, 3.63) is 90.0 Å². The zero-order valence-corrected chi connectivity index (χ0v) is 24.4. The molecule has 1 N–H and O–H groups in total. The van der Waals surface area contributed by atoms with Gasteiger partial charge in [0, 0.05) is 38.2 Å². The van der Waals surface area contributed by atoms with E-state index in [1.165, 1.54) is 4.31 Å². The number of likely N-dealkylation sites (tertiary alicyclic amines) is 1. The maximum Gasteiger partial charge on any atom is 0.253 e. The number of piperidine rings is 2. The van der Waals surface area contributed by atoms with E-state index < -0.39 is 15.6 Å². The Hall–Kier alpha value is -3.82. The monoisotopic (exact) mass is 584 g/mol. The molecule has 1 atom stereocenters. The summed E-state index contributed by atoms with van der Waals surface area (Å²) in [7, 11) is -3.49. The molecule has 0 radical (unpaired) electrons. The molecule has 9 heteroatoms. The third-order valence-corrected chi connectivity index (χ3v) is 10.7. The summed E-state index contributed by atoms with van der Waals surface area (Å²) < 4.78 is 28.1. The van der Waals surface area contributed by atoms with Crippen LogP contribution in [0.3, 0.4) is 0 Å². The lowest BCUT2D eigenvalue weighted by atomic mass is 9.89. The number of carbonyl (C=O) groups excluding carboxylic acids is 2. The van der Waals surface area contributed by atoms with Crippen LogP contribution in [0, 0.1) is 5.92 Å². The van der Waals surface area contributed by atoms with Crippen LogP contribution < -0.4 is 5.32 Å². The van der Waals surface area contributed by atoms with Gasteiger partial charge in [0.05, 0.1) is 5.75 Å². The van der Waals surface area contributed by atoms with Crippen molar-refractivity contribution in [2.75, 3.05) is 31.9 Å². The molecule has 3 aliphatic heterocycles. The van der Waals surface area contributed by atoms with Crippen LogP contribution in [0.2, 0.25) is 0 Å². The fourth-order valence-electron chi connectivity index (χ4n) is 6.32. The Morgan fingerprint density at radius 1 is 0.976 bits per heavy atom. The molecule has 6 rings (SSSR count). The summed E-state index contributed by atoms with van der Waals surface area (Å²) in [6.45, 7) is 1.71. The van der Waals surface area contributed by atoms with Crippen LogP contribution in [0.5, 0.6) is 0 Å². The van der Waals surface area contributed by atoms with Crippen LogP contribution in [0.25, 0.3) is 16.8 Å². The third-order valence-electron chi connectivity index (χ3n) is 8.79. The highest BCUT2D eigenvalue weighted by atomic mass is 32.2. The first-order valence-electron chi connectivity index (χ1n) is 14.7. The van der Waals surface area contributed by atoms with Gasteiger partial charge in [-0.1, -0.05) is 72.8 Å². The molecule has 3 aromatic rings. The van der Waals surface area contributed by atoms with Gasteiger partial charge in [-0.15, -0.1) is 0 Å². The first-order chi connectivity index (χ1) is 20.3. The van der Waals surface area contributed by atoms with Gasteiger partial charge in [0.25, 0.3) is 5.91 Å². The van der Waals surface area contributed by atoms with Gasteiger partial charge in [-0.05, 0) is 60.1 Å². The number of aryl methyl sites for hydroxylation is 1. The zero-order valence-electron chi connectivity index (χ0n) is 23.6. The fraction of sp³-hybridized carbons (Fsp3) is 0.364. The summed E-state index contributed by atoms with van der Waals surface area (Å²) in [6.07, 6.45) is 6.24. The molecule has 2 saturated heterocycles. The first kappa shape index (κ1) is 28.3. The number of nitrogens with one attached hydrogen (secondary N) is 1. The Balaban J connectivity index is 1.07. The van der Waals surface area contributed by atoms with E-state index in [1.54, 1.807) is 6.08 Å². The molecule has 3 aromatic carbocycles. The second-order valence-corrected chi connectivity index (χ2v) is 13.5. The second-order valence-electron chi connectivity index (χ2n) is 11.5. The molecular weight excluding hydrogens is 548 g/mol. The van der Waals surface area contributed by atoms with E-state index in [-0.39, 0.29) is 36.6 Å². The molecule has 218 valence electrons. The van der Waals surface area contributed by atoms with Gasteiger partial charge in [0.15, 0.2) is 0 Å². The highest BCUT2D eigenvalue weighted by Gasteiger charge is 2.48. The van der Waals surface area contributed by atoms with Gasteiger partial charge in [-0.3, -0.25) is 14.6 Å². The minimum absolute atomic E-state index is 0.0272. The SMILES string of the molecule is O=C(C=Cc1ccccc1)N1CCCC(C2=NC3(CCN(S(=O)(=O)CCc4cccc5ccccc45)CC3)C(=O)N2)C1. The molecule has 0 aliphatic carbocycles. The van der Waals surface area contributed by atoms with Crippen LogP contribution in [0.1, 0.15) is 36.8 Å². The third kappa shape index (κ3) is 5.89. The molecule has 3 aliphatic rings. The largest absolute Gasteiger partial charge is 0.338 e. The smallest absolute Gasteiger partial charge is 0.253 e.